The molecule has 1 amide bonds. The van der Waals surface area contributed by atoms with Crippen molar-refractivity contribution in [3.05, 3.63) is 12.7 Å². The maximum atomic E-state index is 12.4. The molecule has 0 saturated carbocycles. The van der Waals surface area contributed by atoms with Crippen LogP contribution in [0.1, 0.15) is 25.5 Å². The van der Waals surface area contributed by atoms with E-state index in [9.17, 15) is 15.0 Å². The van der Waals surface area contributed by atoms with Crippen molar-refractivity contribution in [2.24, 2.45) is 11.5 Å². The first-order chi connectivity index (χ1) is 13.5. The molecule has 1 aliphatic rings. The first-order valence-corrected chi connectivity index (χ1v) is 9.11. The molecule has 28 heavy (non-hydrogen) atoms. The van der Waals surface area contributed by atoms with Gasteiger partial charge in [-0.2, -0.15) is 0 Å². The van der Waals surface area contributed by atoms with Crippen LogP contribution < -0.4 is 22.5 Å². The van der Waals surface area contributed by atoms with Crippen LogP contribution in [0.25, 0.3) is 11.2 Å². The maximum Gasteiger partial charge on any atom is 0.237 e. The van der Waals surface area contributed by atoms with Gasteiger partial charge in [0.25, 0.3) is 0 Å². The molecule has 0 radical (unpaired) electrons. The third-order valence-electron chi connectivity index (χ3n) is 4.83. The fourth-order valence-corrected chi connectivity index (χ4v) is 3.27. The van der Waals surface area contributed by atoms with Crippen molar-refractivity contribution in [1.29, 1.82) is 0 Å². The van der Waals surface area contributed by atoms with E-state index < -0.39 is 43.0 Å². The summed E-state index contributed by atoms with van der Waals surface area (Å²) in [7, 11) is 0. The van der Waals surface area contributed by atoms with E-state index in [1.165, 1.54) is 17.2 Å². The minimum atomic E-state index is -1.16. The molecule has 1 fully saturated rings. The number of aliphatic hydroxyl groups excluding tert-OH is 2. The van der Waals surface area contributed by atoms with Gasteiger partial charge in [0.1, 0.15) is 24.1 Å². The van der Waals surface area contributed by atoms with Gasteiger partial charge in [0, 0.05) is 0 Å². The third-order valence-corrected chi connectivity index (χ3v) is 4.83. The molecule has 2 aromatic rings. The number of unbranched alkanes of at least 4 members (excludes halogenated alkanes) is 1. The number of nitrogen functional groups attached to an aromatic ring is 1. The molecular formula is C16H26N8O4. The molecule has 0 aromatic carbocycles. The fourth-order valence-electron chi connectivity index (χ4n) is 3.27. The average Bonchev–Trinajstić information content (AvgIpc) is 3.24. The van der Waals surface area contributed by atoms with Gasteiger partial charge in [-0.05, 0) is 19.4 Å². The normalized spacial score (nSPS) is 25.9. The lowest BCUT2D eigenvalue weighted by Crippen LogP contribution is -2.53. The topological polar surface area (TPSA) is 200 Å². The Morgan fingerprint density at radius 2 is 2.14 bits per heavy atom. The van der Waals surface area contributed by atoms with Crippen LogP contribution in [0.15, 0.2) is 12.7 Å². The van der Waals surface area contributed by atoms with E-state index >= 15 is 0 Å². The highest BCUT2D eigenvalue weighted by Gasteiger charge is 2.46. The van der Waals surface area contributed by atoms with Gasteiger partial charge in [-0.15, -0.1) is 0 Å². The summed E-state index contributed by atoms with van der Waals surface area (Å²) in [5.41, 5.74) is 17.9. The Kier molecular flexibility index (Phi) is 6.36. The molecular weight excluding hydrogens is 368 g/mol. The molecule has 2 aromatic heterocycles. The number of imidazole rings is 1. The predicted molar refractivity (Wildman–Crippen MR) is 99.5 cm³/mol. The van der Waals surface area contributed by atoms with Gasteiger partial charge >= 0.3 is 0 Å². The minimum Gasteiger partial charge on any atom is -0.394 e. The fraction of sp³-hybridized carbons (Fsp3) is 0.625. The molecule has 154 valence electrons. The molecule has 3 rings (SSSR count). The smallest absolute Gasteiger partial charge is 0.237 e. The average molecular weight is 394 g/mol. The van der Waals surface area contributed by atoms with Gasteiger partial charge < -0.3 is 37.5 Å². The summed E-state index contributed by atoms with van der Waals surface area (Å²) in [6, 6.07) is -1.58. The number of aromatic nitrogens is 4. The summed E-state index contributed by atoms with van der Waals surface area (Å²) >= 11 is 0. The van der Waals surface area contributed by atoms with Crippen LogP contribution in [-0.2, 0) is 9.53 Å². The Morgan fingerprint density at radius 3 is 2.86 bits per heavy atom. The molecule has 5 atom stereocenters. The highest BCUT2D eigenvalue weighted by molar-refractivity contribution is 5.82. The van der Waals surface area contributed by atoms with E-state index in [1.54, 1.807) is 0 Å². The summed E-state index contributed by atoms with van der Waals surface area (Å²) in [6.07, 6.45) is 1.76. The maximum absolute atomic E-state index is 12.4. The van der Waals surface area contributed by atoms with Crippen molar-refractivity contribution in [2.75, 3.05) is 18.9 Å². The number of ether oxygens (including phenoxy) is 1. The number of hydrogen-bond donors (Lipinski definition) is 6. The van der Waals surface area contributed by atoms with Crippen LogP contribution in [0.5, 0.6) is 0 Å². The molecule has 1 saturated heterocycles. The van der Waals surface area contributed by atoms with Gasteiger partial charge in [0.15, 0.2) is 17.7 Å². The third kappa shape index (κ3) is 3.91. The summed E-state index contributed by atoms with van der Waals surface area (Å²) in [5.74, 6) is -0.228. The van der Waals surface area contributed by atoms with Crippen molar-refractivity contribution in [1.82, 2.24) is 24.8 Å². The van der Waals surface area contributed by atoms with Crippen molar-refractivity contribution in [3.8, 4) is 0 Å². The van der Waals surface area contributed by atoms with Crippen molar-refractivity contribution < 1.29 is 19.7 Å². The molecule has 0 bridgehead atoms. The zero-order valence-corrected chi connectivity index (χ0v) is 15.3. The van der Waals surface area contributed by atoms with Crippen molar-refractivity contribution in [2.45, 2.75) is 49.8 Å². The molecule has 3 heterocycles. The Hall–Kier alpha value is -2.38. The quantitative estimate of drug-likeness (QED) is 0.262. The Labute approximate surface area is 161 Å². The van der Waals surface area contributed by atoms with Gasteiger partial charge in [0.05, 0.1) is 25.0 Å². The van der Waals surface area contributed by atoms with Crippen LogP contribution in [-0.4, -0.2) is 73.1 Å². The largest absolute Gasteiger partial charge is 0.394 e. The first-order valence-electron chi connectivity index (χ1n) is 9.11. The number of aliphatic hydroxyl groups is 2. The number of carbonyl (C=O) groups is 1. The number of carbonyl (C=O) groups excluding carboxylic acids is 1. The highest BCUT2D eigenvalue weighted by Crippen LogP contribution is 2.31. The van der Waals surface area contributed by atoms with Gasteiger partial charge in [-0.25, -0.2) is 15.0 Å². The molecule has 0 aliphatic carbocycles. The lowest BCUT2D eigenvalue weighted by atomic mass is 10.0. The van der Waals surface area contributed by atoms with E-state index in [1.807, 2.05) is 0 Å². The van der Waals surface area contributed by atoms with Crippen LogP contribution in [0.3, 0.4) is 0 Å². The lowest BCUT2D eigenvalue weighted by molar-refractivity contribution is -0.124. The zero-order chi connectivity index (χ0) is 20.3. The number of rotatable bonds is 8. The second-order valence-corrected chi connectivity index (χ2v) is 6.75. The van der Waals surface area contributed by atoms with Crippen molar-refractivity contribution >= 4 is 22.9 Å². The van der Waals surface area contributed by atoms with E-state index in [0.717, 1.165) is 12.8 Å². The minimum absolute atomic E-state index is 0.197. The number of nitrogens with zero attached hydrogens (tertiary/aromatic N) is 4. The molecule has 9 N–H and O–H groups in total. The Balaban J connectivity index is 1.75. The predicted octanol–water partition coefficient (Wildman–Crippen LogP) is -2.40. The molecule has 12 heteroatoms. The second kappa shape index (κ2) is 8.75. The van der Waals surface area contributed by atoms with Gasteiger partial charge in [-0.3, -0.25) is 9.36 Å². The van der Waals surface area contributed by atoms with Crippen LogP contribution in [0.4, 0.5) is 5.82 Å². The number of amides is 1. The van der Waals surface area contributed by atoms with Crippen molar-refractivity contribution in [3.63, 3.8) is 0 Å². The van der Waals surface area contributed by atoms with E-state index in [0.29, 0.717) is 24.1 Å². The van der Waals surface area contributed by atoms with E-state index in [2.05, 4.69) is 20.3 Å². The lowest BCUT2D eigenvalue weighted by Gasteiger charge is -2.22. The summed E-state index contributed by atoms with van der Waals surface area (Å²) in [6.45, 7) is 0.134. The Morgan fingerprint density at radius 1 is 1.36 bits per heavy atom. The van der Waals surface area contributed by atoms with Crippen LogP contribution in [0.2, 0.25) is 0 Å². The molecule has 0 spiro atoms. The number of hydrogen-bond acceptors (Lipinski definition) is 10. The van der Waals surface area contributed by atoms with E-state index in [-0.39, 0.29) is 5.82 Å². The summed E-state index contributed by atoms with van der Waals surface area (Å²) in [4.78, 5) is 24.5. The molecule has 1 aliphatic heterocycles. The number of anilines is 1. The summed E-state index contributed by atoms with van der Waals surface area (Å²) in [5, 5.41) is 23.1. The molecule has 0 unspecified atom stereocenters. The van der Waals surface area contributed by atoms with Crippen LogP contribution >= 0.6 is 0 Å². The Bertz CT molecular complexity index is 815. The summed E-state index contributed by atoms with van der Waals surface area (Å²) < 4.78 is 7.25. The standard InChI is InChI=1S/C16H26N8O4/c17-4-2-1-3-8(18)15(27)23-10-9(5-25)28-16(12(10)26)24-7-22-11-13(19)20-6-21-14(11)24/h6-10,12,16,25-26H,1-5,17-18H2,(H,23,27)(H2,19,20,21)/t8-,9+,10-,12-,16+/m1/s1. The monoisotopic (exact) mass is 394 g/mol. The SMILES string of the molecule is NCCCC[C@@H](N)C(=O)N[C@H]1[C@@H](O)[C@@H](n2cnc3c(N)ncnc32)O[C@H]1CO. The van der Waals surface area contributed by atoms with E-state index in [4.69, 9.17) is 21.9 Å². The van der Waals surface area contributed by atoms with Gasteiger partial charge in [0.2, 0.25) is 5.91 Å². The second-order valence-electron chi connectivity index (χ2n) is 6.75. The number of nitrogens with two attached hydrogens (primary N) is 3. The van der Waals surface area contributed by atoms with Crippen LogP contribution in [0, 0.1) is 0 Å². The zero-order valence-electron chi connectivity index (χ0n) is 15.3. The first kappa shape index (κ1) is 20.4. The number of nitrogens with one attached hydrogen (secondary N) is 1. The molecule has 12 nitrogen and oxygen atoms in total. The highest BCUT2D eigenvalue weighted by atomic mass is 16.5. The number of fused-ring (bicyclic) bond motifs is 1. The van der Waals surface area contributed by atoms with Gasteiger partial charge in [-0.1, -0.05) is 6.42 Å².